The van der Waals surface area contributed by atoms with E-state index < -0.39 is 18.0 Å². The van der Waals surface area contributed by atoms with Crippen molar-refractivity contribution in [2.24, 2.45) is 0 Å². The average molecular weight is 346 g/mol. The van der Waals surface area contributed by atoms with Gasteiger partial charge in [-0.25, -0.2) is 14.8 Å². The second-order valence-electron chi connectivity index (χ2n) is 4.31. The lowest BCUT2D eigenvalue weighted by atomic mass is 10.2. The zero-order chi connectivity index (χ0) is 17.0. The number of alkyl halides is 3. The van der Waals surface area contributed by atoms with E-state index >= 15 is 0 Å². The van der Waals surface area contributed by atoms with E-state index in [9.17, 15) is 18.0 Å². The Labute approximate surface area is 134 Å². The minimum atomic E-state index is -4.74. The monoisotopic (exact) mass is 345 g/mol. The van der Waals surface area contributed by atoms with Gasteiger partial charge in [0.25, 0.3) is 0 Å². The van der Waals surface area contributed by atoms with Crippen LogP contribution in [0, 0.1) is 0 Å². The number of aromatic nitrogens is 2. The lowest BCUT2D eigenvalue weighted by molar-refractivity contribution is -0.144. The molecule has 0 spiro atoms. The van der Waals surface area contributed by atoms with Crippen molar-refractivity contribution >= 4 is 29.1 Å². The fraction of sp³-hybridized carbons (Fsp3) is 0.214. The molecule has 1 N–H and O–H groups in total. The number of esters is 1. The van der Waals surface area contributed by atoms with Gasteiger partial charge in [-0.05, 0) is 25.1 Å². The second kappa shape index (κ2) is 6.82. The van der Waals surface area contributed by atoms with Gasteiger partial charge in [0, 0.05) is 16.9 Å². The van der Waals surface area contributed by atoms with Crippen molar-refractivity contribution in [2.75, 3.05) is 11.9 Å². The van der Waals surface area contributed by atoms with Crippen LogP contribution in [0.5, 0.6) is 0 Å². The van der Waals surface area contributed by atoms with Crippen LogP contribution in [0.3, 0.4) is 0 Å². The summed E-state index contributed by atoms with van der Waals surface area (Å²) in [7, 11) is 0. The van der Waals surface area contributed by atoms with Crippen LogP contribution in [-0.2, 0) is 10.9 Å². The van der Waals surface area contributed by atoms with Crippen LogP contribution in [0.1, 0.15) is 23.1 Å². The fourth-order valence-electron chi connectivity index (χ4n) is 1.67. The van der Waals surface area contributed by atoms with Gasteiger partial charge in [0.15, 0.2) is 0 Å². The number of carbonyl (C=O) groups excluding carboxylic acids is 1. The third-order valence-electron chi connectivity index (χ3n) is 2.63. The molecule has 0 atom stereocenters. The van der Waals surface area contributed by atoms with Gasteiger partial charge in [-0.1, -0.05) is 17.7 Å². The highest BCUT2D eigenvalue weighted by atomic mass is 35.5. The fourth-order valence-corrected chi connectivity index (χ4v) is 1.87. The van der Waals surface area contributed by atoms with Crippen molar-refractivity contribution < 1.29 is 22.7 Å². The first-order valence-electron chi connectivity index (χ1n) is 6.45. The lowest BCUT2D eigenvalue weighted by Gasteiger charge is -2.13. The Bertz CT molecular complexity index is 723. The molecule has 1 heterocycles. The van der Waals surface area contributed by atoms with Crippen LogP contribution < -0.4 is 5.32 Å². The first-order valence-corrected chi connectivity index (χ1v) is 6.83. The number of benzene rings is 1. The number of carbonyl (C=O) groups is 1. The molecule has 122 valence electrons. The third-order valence-corrected chi connectivity index (χ3v) is 2.86. The van der Waals surface area contributed by atoms with Gasteiger partial charge in [0.2, 0.25) is 5.82 Å². The summed E-state index contributed by atoms with van der Waals surface area (Å²) in [5.74, 6) is -2.51. The summed E-state index contributed by atoms with van der Waals surface area (Å²) in [6, 6.07) is 6.24. The van der Waals surface area contributed by atoms with Gasteiger partial charge in [-0.3, -0.25) is 0 Å². The molecule has 1 aromatic heterocycles. The molecular weight excluding hydrogens is 335 g/mol. The summed E-state index contributed by atoms with van der Waals surface area (Å²) in [6.07, 6.45) is -3.96. The van der Waals surface area contributed by atoms with Crippen LogP contribution in [0.4, 0.5) is 24.7 Å². The SMILES string of the molecule is CCOC(=O)c1cnc(C(F)(F)F)nc1Nc1cccc(Cl)c1. The predicted molar refractivity (Wildman–Crippen MR) is 77.7 cm³/mol. The summed E-state index contributed by atoms with van der Waals surface area (Å²) in [5, 5.41) is 3.00. The number of hydrogen-bond donors (Lipinski definition) is 1. The Morgan fingerprint density at radius 3 is 2.74 bits per heavy atom. The highest BCUT2D eigenvalue weighted by Crippen LogP contribution is 2.29. The van der Waals surface area contributed by atoms with Crippen molar-refractivity contribution in [2.45, 2.75) is 13.1 Å². The van der Waals surface area contributed by atoms with E-state index in [1.165, 1.54) is 6.07 Å². The number of anilines is 2. The largest absolute Gasteiger partial charge is 0.462 e. The Morgan fingerprint density at radius 2 is 2.13 bits per heavy atom. The number of nitrogens with one attached hydrogen (secondary N) is 1. The van der Waals surface area contributed by atoms with Gasteiger partial charge in [-0.2, -0.15) is 13.2 Å². The van der Waals surface area contributed by atoms with Crippen LogP contribution >= 0.6 is 11.6 Å². The van der Waals surface area contributed by atoms with Crippen molar-refractivity contribution in [3.05, 3.63) is 46.9 Å². The maximum absolute atomic E-state index is 12.8. The van der Waals surface area contributed by atoms with Crippen molar-refractivity contribution in [3.8, 4) is 0 Å². The summed E-state index contributed by atoms with van der Waals surface area (Å²) in [5.41, 5.74) is 0.162. The molecule has 0 unspecified atom stereocenters. The van der Waals surface area contributed by atoms with Gasteiger partial charge < -0.3 is 10.1 Å². The Hall–Kier alpha value is -2.35. The zero-order valence-electron chi connectivity index (χ0n) is 11.8. The molecule has 1 aromatic carbocycles. The standard InChI is InChI=1S/C14H11ClF3N3O2/c1-2-23-12(22)10-7-19-13(14(16,17)18)21-11(10)20-9-5-3-4-8(15)6-9/h3-7H,2H2,1H3,(H,19,20,21). The maximum Gasteiger partial charge on any atom is 0.451 e. The molecule has 0 saturated heterocycles. The van der Waals surface area contributed by atoms with Gasteiger partial charge in [-0.15, -0.1) is 0 Å². The van der Waals surface area contributed by atoms with Crippen molar-refractivity contribution in [3.63, 3.8) is 0 Å². The van der Waals surface area contributed by atoms with E-state index in [1.54, 1.807) is 25.1 Å². The second-order valence-corrected chi connectivity index (χ2v) is 4.75. The summed E-state index contributed by atoms with van der Waals surface area (Å²) in [4.78, 5) is 18.4. The maximum atomic E-state index is 12.8. The topological polar surface area (TPSA) is 64.1 Å². The molecule has 2 aromatic rings. The summed E-state index contributed by atoms with van der Waals surface area (Å²) >= 11 is 5.82. The highest BCUT2D eigenvalue weighted by molar-refractivity contribution is 6.30. The Kier molecular flexibility index (Phi) is 5.05. The Morgan fingerprint density at radius 1 is 1.39 bits per heavy atom. The number of ether oxygens (including phenoxy) is 1. The average Bonchev–Trinajstić information content (AvgIpc) is 2.46. The van der Waals surface area contributed by atoms with Crippen LogP contribution in [-0.4, -0.2) is 22.5 Å². The minimum Gasteiger partial charge on any atom is -0.462 e. The molecule has 2 rings (SSSR count). The van der Waals surface area contributed by atoms with E-state index in [0.29, 0.717) is 10.7 Å². The third kappa shape index (κ3) is 4.32. The number of halogens is 4. The molecule has 9 heteroatoms. The number of hydrogen-bond acceptors (Lipinski definition) is 5. The van der Waals surface area contributed by atoms with E-state index in [4.69, 9.17) is 16.3 Å². The molecule has 23 heavy (non-hydrogen) atoms. The molecule has 5 nitrogen and oxygen atoms in total. The van der Waals surface area contributed by atoms with Crippen molar-refractivity contribution in [1.29, 1.82) is 0 Å². The molecule has 0 radical (unpaired) electrons. The lowest BCUT2D eigenvalue weighted by Crippen LogP contribution is -2.16. The molecule has 0 saturated carbocycles. The quantitative estimate of drug-likeness (QED) is 0.846. The van der Waals surface area contributed by atoms with Gasteiger partial charge >= 0.3 is 12.1 Å². The minimum absolute atomic E-state index is 0.0659. The van der Waals surface area contributed by atoms with Gasteiger partial charge in [0.05, 0.1) is 6.61 Å². The van der Waals surface area contributed by atoms with Crippen molar-refractivity contribution in [1.82, 2.24) is 9.97 Å². The number of rotatable bonds is 4. The molecule has 0 amide bonds. The normalized spacial score (nSPS) is 11.2. The summed E-state index contributed by atoms with van der Waals surface area (Å²) < 4.78 is 43.1. The van der Waals surface area contributed by atoms with E-state index in [1.807, 2.05) is 0 Å². The van der Waals surface area contributed by atoms with Crippen LogP contribution in [0.2, 0.25) is 5.02 Å². The summed E-state index contributed by atoms with van der Waals surface area (Å²) in [6.45, 7) is 1.64. The Balaban J connectivity index is 2.45. The first kappa shape index (κ1) is 17.0. The predicted octanol–water partition coefficient (Wildman–Crippen LogP) is 4.07. The molecule has 0 aliphatic rings. The number of nitrogens with zero attached hydrogens (tertiary/aromatic N) is 2. The molecule has 0 aliphatic carbocycles. The zero-order valence-corrected chi connectivity index (χ0v) is 12.6. The van der Waals surface area contributed by atoms with Crippen LogP contribution in [0.25, 0.3) is 0 Å². The molecule has 0 fully saturated rings. The highest BCUT2D eigenvalue weighted by Gasteiger charge is 2.35. The van der Waals surface area contributed by atoms with Crippen LogP contribution in [0.15, 0.2) is 30.5 Å². The van der Waals surface area contributed by atoms with E-state index in [-0.39, 0.29) is 18.0 Å². The van der Waals surface area contributed by atoms with Gasteiger partial charge in [0.1, 0.15) is 11.4 Å². The molecule has 0 bridgehead atoms. The smallest absolute Gasteiger partial charge is 0.451 e. The van der Waals surface area contributed by atoms with E-state index in [2.05, 4.69) is 15.3 Å². The molecule has 0 aliphatic heterocycles. The van der Waals surface area contributed by atoms with E-state index in [0.717, 1.165) is 6.20 Å². The first-order chi connectivity index (χ1) is 10.8. The molecular formula is C14H11ClF3N3O2.